The van der Waals surface area contributed by atoms with Crippen molar-refractivity contribution in [3.8, 4) is 0 Å². The summed E-state index contributed by atoms with van der Waals surface area (Å²) in [6, 6.07) is 5.40. The normalized spacial score (nSPS) is 18.5. The number of amides is 1. The summed E-state index contributed by atoms with van der Waals surface area (Å²) >= 11 is 0. The van der Waals surface area contributed by atoms with E-state index in [4.69, 9.17) is 0 Å². The van der Waals surface area contributed by atoms with Gasteiger partial charge in [0.15, 0.2) is 5.78 Å². The van der Waals surface area contributed by atoms with Crippen molar-refractivity contribution in [2.24, 2.45) is 0 Å². The highest BCUT2D eigenvalue weighted by Crippen LogP contribution is 2.22. The molecule has 4 nitrogen and oxygen atoms in total. The van der Waals surface area contributed by atoms with Gasteiger partial charge in [-0.2, -0.15) is 0 Å². The summed E-state index contributed by atoms with van der Waals surface area (Å²) in [5.74, 6) is -0.0275. The lowest BCUT2D eigenvalue weighted by Gasteiger charge is -2.23. The Kier molecular flexibility index (Phi) is 3.13. The fourth-order valence-corrected chi connectivity index (χ4v) is 2.10. The Hall–Kier alpha value is -1.84. The van der Waals surface area contributed by atoms with Crippen LogP contribution in [0.5, 0.6) is 0 Å². The fraction of sp³-hybridized carbons (Fsp3) is 0.385. The smallest absolute Gasteiger partial charge is 0.407 e. The third-order valence-corrected chi connectivity index (χ3v) is 3.03. The van der Waals surface area contributed by atoms with Gasteiger partial charge in [-0.05, 0) is 31.4 Å². The predicted octanol–water partition coefficient (Wildman–Crippen LogP) is 1.85. The van der Waals surface area contributed by atoms with Crippen LogP contribution >= 0.6 is 0 Å². The first-order valence-electron chi connectivity index (χ1n) is 5.60. The molecule has 0 heterocycles. The topological polar surface area (TPSA) is 55.4 Å². The third-order valence-electron chi connectivity index (χ3n) is 3.03. The Bertz CT molecular complexity index is 468. The van der Waals surface area contributed by atoms with Gasteiger partial charge >= 0.3 is 6.09 Å². The monoisotopic (exact) mass is 233 g/mol. The number of carbonyl (C=O) groups is 2. The average molecular weight is 233 g/mol. The van der Waals surface area contributed by atoms with Crippen LogP contribution in [0.15, 0.2) is 18.2 Å². The lowest BCUT2D eigenvalue weighted by Crippen LogP contribution is -2.43. The van der Waals surface area contributed by atoms with Crippen LogP contribution in [-0.4, -0.2) is 25.0 Å². The van der Waals surface area contributed by atoms with E-state index < -0.39 is 12.1 Å². The second kappa shape index (κ2) is 4.57. The van der Waals surface area contributed by atoms with Gasteiger partial charge in [0.2, 0.25) is 0 Å². The molecule has 1 aromatic rings. The number of ether oxygens (including phenoxy) is 1. The van der Waals surface area contributed by atoms with Crippen molar-refractivity contribution < 1.29 is 14.3 Å². The van der Waals surface area contributed by atoms with E-state index in [-0.39, 0.29) is 5.78 Å². The largest absolute Gasteiger partial charge is 0.453 e. The molecule has 0 bridgehead atoms. The van der Waals surface area contributed by atoms with Crippen molar-refractivity contribution in [2.45, 2.75) is 25.8 Å². The predicted molar refractivity (Wildman–Crippen MR) is 63.2 cm³/mol. The molecule has 0 unspecified atom stereocenters. The second-order valence-corrected chi connectivity index (χ2v) is 4.25. The standard InChI is InChI=1S/C13H15NO3/c1-8-3-4-9-5-6-11(14-13(16)17-2)12(15)10(9)7-8/h3-4,7,11H,5-6H2,1-2H3,(H,14,16)/t11-/m1/s1. The highest BCUT2D eigenvalue weighted by Gasteiger charge is 2.28. The van der Waals surface area contributed by atoms with Crippen LogP contribution in [-0.2, 0) is 11.2 Å². The van der Waals surface area contributed by atoms with Gasteiger partial charge in [0, 0.05) is 5.56 Å². The van der Waals surface area contributed by atoms with E-state index in [0.29, 0.717) is 6.42 Å². The Balaban J connectivity index is 2.23. The van der Waals surface area contributed by atoms with Crippen molar-refractivity contribution in [1.29, 1.82) is 0 Å². The Morgan fingerprint density at radius 2 is 2.24 bits per heavy atom. The van der Waals surface area contributed by atoms with Gasteiger partial charge in [-0.25, -0.2) is 4.79 Å². The van der Waals surface area contributed by atoms with E-state index >= 15 is 0 Å². The molecule has 0 fully saturated rings. The first-order chi connectivity index (χ1) is 8.11. The van der Waals surface area contributed by atoms with E-state index in [0.717, 1.165) is 23.1 Å². The van der Waals surface area contributed by atoms with Crippen molar-refractivity contribution in [2.75, 3.05) is 7.11 Å². The maximum absolute atomic E-state index is 12.2. The quantitative estimate of drug-likeness (QED) is 0.805. The van der Waals surface area contributed by atoms with Gasteiger partial charge in [0.25, 0.3) is 0 Å². The average Bonchev–Trinajstić information content (AvgIpc) is 2.33. The highest BCUT2D eigenvalue weighted by molar-refractivity contribution is 6.03. The van der Waals surface area contributed by atoms with E-state index in [9.17, 15) is 9.59 Å². The number of ketones is 1. The molecule has 1 aliphatic carbocycles. The molecule has 4 heteroatoms. The van der Waals surface area contributed by atoms with Crippen molar-refractivity contribution in [1.82, 2.24) is 5.32 Å². The molecule has 1 atom stereocenters. The molecule has 1 aromatic carbocycles. The molecule has 90 valence electrons. The lowest BCUT2D eigenvalue weighted by molar-refractivity contribution is 0.0916. The lowest BCUT2D eigenvalue weighted by atomic mass is 9.86. The van der Waals surface area contributed by atoms with Crippen LogP contribution in [0.1, 0.15) is 27.9 Å². The zero-order valence-corrected chi connectivity index (χ0v) is 9.95. The van der Waals surface area contributed by atoms with Gasteiger partial charge < -0.3 is 10.1 Å². The van der Waals surface area contributed by atoms with E-state index in [1.165, 1.54) is 7.11 Å². The minimum atomic E-state index is -0.556. The maximum atomic E-state index is 12.2. The molecule has 1 amide bonds. The maximum Gasteiger partial charge on any atom is 0.407 e. The molecule has 1 N–H and O–H groups in total. The molecule has 17 heavy (non-hydrogen) atoms. The van der Waals surface area contributed by atoms with E-state index in [2.05, 4.69) is 10.1 Å². The van der Waals surface area contributed by atoms with Crippen LogP contribution in [0.25, 0.3) is 0 Å². The fourth-order valence-electron chi connectivity index (χ4n) is 2.10. The number of rotatable bonds is 1. The Labute approximate surface area is 100.0 Å². The molecule has 0 radical (unpaired) electrons. The summed E-state index contributed by atoms with van der Waals surface area (Å²) in [5, 5.41) is 2.57. The van der Waals surface area contributed by atoms with Crippen molar-refractivity contribution in [3.05, 3.63) is 34.9 Å². The summed E-state index contributed by atoms with van der Waals surface area (Å²) in [5.41, 5.74) is 2.83. The first-order valence-corrected chi connectivity index (χ1v) is 5.60. The number of carbonyl (C=O) groups excluding carboxylic acids is 2. The Morgan fingerprint density at radius 3 is 2.94 bits per heavy atom. The number of benzene rings is 1. The van der Waals surface area contributed by atoms with Crippen LogP contribution in [0.3, 0.4) is 0 Å². The van der Waals surface area contributed by atoms with Gasteiger partial charge in [-0.1, -0.05) is 17.7 Å². The molecule has 0 spiro atoms. The van der Waals surface area contributed by atoms with Crippen molar-refractivity contribution in [3.63, 3.8) is 0 Å². The number of aryl methyl sites for hydroxylation is 2. The highest BCUT2D eigenvalue weighted by atomic mass is 16.5. The molecule has 2 rings (SSSR count). The zero-order valence-electron chi connectivity index (χ0n) is 9.95. The summed E-state index contributed by atoms with van der Waals surface area (Å²) in [6.45, 7) is 1.95. The molecular weight excluding hydrogens is 218 g/mol. The summed E-state index contributed by atoms with van der Waals surface area (Å²) in [6.07, 6.45) is 0.875. The molecule has 1 aliphatic rings. The van der Waals surface area contributed by atoms with Crippen LogP contribution in [0, 0.1) is 6.92 Å². The SMILES string of the molecule is COC(=O)N[C@@H]1CCc2ccc(C)cc2C1=O. The Morgan fingerprint density at radius 1 is 1.47 bits per heavy atom. The van der Waals surface area contributed by atoms with Gasteiger partial charge in [-0.15, -0.1) is 0 Å². The zero-order chi connectivity index (χ0) is 12.4. The number of fused-ring (bicyclic) bond motifs is 1. The molecule has 0 aliphatic heterocycles. The van der Waals surface area contributed by atoms with Crippen LogP contribution in [0.4, 0.5) is 4.79 Å². The molecule has 0 aromatic heterocycles. The summed E-state index contributed by atoms with van der Waals surface area (Å²) < 4.78 is 4.51. The van der Waals surface area contributed by atoms with Crippen LogP contribution < -0.4 is 5.32 Å². The van der Waals surface area contributed by atoms with Crippen LogP contribution in [0.2, 0.25) is 0 Å². The van der Waals surface area contributed by atoms with E-state index in [1.54, 1.807) is 0 Å². The minimum absolute atomic E-state index is 0.0275. The van der Waals surface area contributed by atoms with Gasteiger partial charge in [-0.3, -0.25) is 4.79 Å². The second-order valence-electron chi connectivity index (χ2n) is 4.25. The third kappa shape index (κ3) is 2.30. The first kappa shape index (κ1) is 11.6. The number of hydrogen-bond acceptors (Lipinski definition) is 3. The molecule has 0 saturated heterocycles. The minimum Gasteiger partial charge on any atom is -0.453 e. The molecule has 0 saturated carbocycles. The number of nitrogens with one attached hydrogen (secondary N) is 1. The van der Waals surface area contributed by atoms with Gasteiger partial charge in [0.1, 0.15) is 0 Å². The van der Waals surface area contributed by atoms with E-state index in [1.807, 2.05) is 25.1 Å². The number of Topliss-reactive ketones (excluding diaryl/α,β-unsaturated/α-hetero) is 1. The number of hydrogen-bond donors (Lipinski definition) is 1. The van der Waals surface area contributed by atoms with Gasteiger partial charge in [0.05, 0.1) is 13.2 Å². The number of alkyl carbamates (subject to hydrolysis) is 1. The number of methoxy groups -OCH3 is 1. The molecular formula is C13H15NO3. The van der Waals surface area contributed by atoms with Crippen molar-refractivity contribution >= 4 is 11.9 Å². The summed E-state index contributed by atoms with van der Waals surface area (Å²) in [4.78, 5) is 23.3. The summed E-state index contributed by atoms with van der Waals surface area (Å²) in [7, 11) is 1.29.